The van der Waals surface area contributed by atoms with E-state index in [2.05, 4.69) is 5.32 Å². The van der Waals surface area contributed by atoms with E-state index < -0.39 is 11.9 Å². The third-order valence-electron chi connectivity index (χ3n) is 4.06. The third-order valence-corrected chi connectivity index (χ3v) is 4.06. The second-order valence-corrected chi connectivity index (χ2v) is 6.72. The highest BCUT2D eigenvalue weighted by Crippen LogP contribution is 2.10. The molecule has 0 bridgehead atoms. The largest absolute Gasteiger partial charge is 0.340 e. The first-order chi connectivity index (χ1) is 12.5. The van der Waals surface area contributed by atoms with E-state index in [1.807, 2.05) is 50.2 Å². The molecule has 0 radical (unpaired) electrons. The van der Waals surface area contributed by atoms with Crippen LogP contribution in [0, 0.1) is 5.92 Å². The molecule has 0 unspecified atom stereocenters. The van der Waals surface area contributed by atoms with Crippen LogP contribution in [0.1, 0.15) is 36.2 Å². The Bertz CT molecular complexity index is 702. The summed E-state index contributed by atoms with van der Waals surface area (Å²) in [5, 5.41) is 13.6. The topological polar surface area (TPSA) is 69.6 Å². The van der Waals surface area contributed by atoms with Gasteiger partial charge in [0.2, 0.25) is 0 Å². The normalized spacial score (nSPS) is 11.8. The van der Waals surface area contributed by atoms with Crippen molar-refractivity contribution in [2.24, 2.45) is 5.92 Å². The summed E-state index contributed by atoms with van der Waals surface area (Å²) in [5.74, 6) is -0.609. The van der Waals surface area contributed by atoms with Gasteiger partial charge in [-0.25, -0.2) is 5.06 Å². The van der Waals surface area contributed by atoms with E-state index in [1.54, 1.807) is 24.3 Å². The van der Waals surface area contributed by atoms with E-state index in [0.717, 1.165) is 5.56 Å². The van der Waals surface area contributed by atoms with Crippen LogP contribution < -0.4 is 5.32 Å². The van der Waals surface area contributed by atoms with Crippen LogP contribution in [0.15, 0.2) is 60.7 Å². The molecule has 0 aliphatic carbocycles. The Morgan fingerprint density at radius 3 is 2.15 bits per heavy atom. The summed E-state index contributed by atoms with van der Waals surface area (Å²) in [7, 11) is 0. The van der Waals surface area contributed by atoms with Gasteiger partial charge in [-0.2, -0.15) is 0 Å². The lowest BCUT2D eigenvalue weighted by molar-refractivity contribution is -0.167. The van der Waals surface area contributed by atoms with Gasteiger partial charge in [-0.05, 0) is 36.5 Å². The monoisotopic (exact) mass is 354 g/mol. The second-order valence-electron chi connectivity index (χ2n) is 6.72. The van der Waals surface area contributed by atoms with Crippen molar-refractivity contribution >= 4 is 11.8 Å². The molecule has 0 heterocycles. The van der Waals surface area contributed by atoms with Crippen molar-refractivity contribution in [3.05, 3.63) is 71.8 Å². The molecule has 2 aromatic rings. The fourth-order valence-corrected chi connectivity index (χ4v) is 2.69. The zero-order valence-electron chi connectivity index (χ0n) is 15.3. The first kappa shape index (κ1) is 19.7. The van der Waals surface area contributed by atoms with Gasteiger partial charge in [0, 0.05) is 5.56 Å². The number of hydrogen-bond donors (Lipinski definition) is 2. The number of benzene rings is 2. The molecule has 0 aromatic heterocycles. The molecule has 26 heavy (non-hydrogen) atoms. The van der Waals surface area contributed by atoms with Gasteiger partial charge in [0.15, 0.2) is 0 Å². The second kappa shape index (κ2) is 9.73. The minimum absolute atomic E-state index is 0.179. The molecule has 2 amide bonds. The van der Waals surface area contributed by atoms with Crippen LogP contribution in [0.4, 0.5) is 0 Å². The number of carbonyl (C=O) groups excluding carboxylic acids is 2. The SMILES string of the molecule is CC(C)C[C@H](NC(=O)c1ccccc1)C(=O)N(O)CCc1ccccc1. The molecular weight excluding hydrogens is 328 g/mol. The Morgan fingerprint density at radius 2 is 1.58 bits per heavy atom. The van der Waals surface area contributed by atoms with Crippen molar-refractivity contribution in [2.75, 3.05) is 6.54 Å². The minimum Gasteiger partial charge on any atom is -0.340 e. The maximum absolute atomic E-state index is 12.6. The summed E-state index contributed by atoms with van der Waals surface area (Å²) in [4.78, 5) is 25.0. The van der Waals surface area contributed by atoms with E-state index in [1.165, 1.54) is 0 Å². The van der Waals surface area contributed by atoms with E-state index in [9.17, 15) is 14.8 Å². The van der Waals surface area contributed by atoms with Crippen LogP contribution in [0.5, 0.6) is 0 Å². The quantitative estimate of drug-likeness (QED) is 0.564. The van der Waals surface area contributed by atoms with Crippen molar-refractivity contribution in [2.45, 2.75) is 32.7 Å². The molecule has 0 aliphatic rings. The van der Waals surface area contributed by atoms with Crippen molar-refractivity contribution in [1.29, 1.82) is 0 Å². The predicted octanol–water partition coefficient (Wildman–Crippen LogP) is 3.29. The van der Waals surface area contributed by atoms with Crippen LogP contribution in [-0.2, 0) is 11.2 Å². The molecule has 2 rings (SSSR count). The fourth-order valence-electron chi connectivity index (χ4n) is 2.69. The van der Waals surface area contributed by atoms with Gasteiger partial charge in [0.1, 0.15) is 6.04 Å². The number of carbonyl (C=O) groups is 2. The predicted molar refractivity (Wildman–Crippen MR) is 101 cm³/mol. The van der Waals surface area contributed by atoms with Crippen molar-refractivity contribution in [1.82, 2.24) is 10.4 Å². The molecular formula is C21H26N2O3. The first-order valence-corrected chi connectivity index (χ1v) is 8.87. The Labute approximate surface area is 154 Å². The molecule has 0 spiro atoms. The van der Waals surface area contributed by atoms with Crippen LogP contribution in [-0.4, -0.2) is 34.7 Å². The van der Waals surface area contributed by atoms with Crippen molar-refractivity contribution < 1.29 is 14.8 Å². The lowest BCUT2D eigenvalue weighted by Crippen LogP contribution is -2.48. The Hall–Kier alpha value is -2.66. The molecule has 5 nitrogen and oxygen atoms in total. The van der Waals surface area contributed by atoms with Gasteiger partial charge in [-0.15, -0.1) is 0 Å². The van der Waals surface area contributed by atoms with Crippen LogP contribution in [0.25, 0.3) is 0 Å². The molecule has 5 heteroatoms. The lowest BCUT2D eigenvalue weighted by Gasteiger charge is -2.24. The van der Waals surface area contributed by atoms with Crippen LogP contribution in [0.2, 0.25) is 0 Å². The Kier molecular flexibility index (Phi) is 7.36. The maximum Gasteiger partial charge on any atom is 0.268 e. The van der Waals surface area contributed by atoms with Crippen molar-refractivity contribution in [3.8, 4) is 0 Å². The minimum atomic E-state index is -0.761. The number of hydrogen-bond acceptors (Lipinski definition) is 3. The average Bonchev–Trinajstić information content (AvgIpc) is 2.66. The molecule has 138 valence electrons. The fraction of sp³-hybridized carbons (Fsp3) is 0.333. The summed E-state index contributed by atoms with van der Waals surface area (Å²) in [6, 6.07) is 17.6. The Balaban J connectivity index is 2.00. The molecule has 2 N–H and O–H groups in total. The molecule has 0 saturated carbocycles. The highest BCUT2D eigenvalue weighted by Gasteiger charge is 2.26. The van der Waals surface area contributed by atoms with Gasteiger partial charge in [0.25, 0.3) is 11.8 Å². The van der Waals surface area contributed by atoms with Gasteiger partial charge >= 0.3 is 0 Å². The highest BCUT2D eigenvalue weighted by molar-refractivity contribution is 5.97. The summed E-state index contributed by atoms with van der Waals surface area (Å²) < 4.78 is 0. The highest BCUT2D eigenvalue weighted by atomic mass is 16.5. The zero-order valence-corrected chi connectivity index (χ0v) is 15.3. The standard InChI is InChI=1S/C21H26N2O3/c1-16(2)15-19(22-20(24)18-11-7-4-8-12-18)21(25)23(26)14-13-17-9-5-3-6-10-17/h3-12,16,19,26H,13-15H2,1-2H3,(H,22,24)/t19-/m0/s1. The van der Waals surface area contributed by atoms with E-state index >= 15 is 0 Å². The first-order valence-electron chi connectivity index (χ1n) is 8.87. The zero-order chi connectivity index (χ0) is 18.9. The number of rotatable bonds is 8. The van der Waals surface area contributed by atoms with Gasteiger partial charge in [-0.1, -0.05) is 62.4 Å². The third kappa shape index (κ3) is 6.01. The molecule has 0 aliphatic heterocycles. The van der Waals surface area contributed by atoms with Gasteiger partial charge in [0.05, 0.1) is 6.54 Å². The summed E-state index contributed by atoms with van der Waals surface area (Å²) in [5.41, 5.74) is 1.52. The maximum atomic E-state index is 12.6. The molecule has 1 atom stereocenters. The Morgan fingerprint density at radius 1 is 1.00 bits per heavy atom. The molecule has 0 fully saturated rings. The van der Waals surface area contributed by atoms with Gasteiger partial charge in [-0.3, -0.25) is 14.8 Å². The van der Waals surface area contributed by atoms with Crippen molar-refractivity contribution in [3.63, 3.8) is 0 Å². The number of nitrogens with zero attached hydrogens (tertiary/aromatic N) is 1. The molecule has 0 saturated heterocycles. The van der Waals surface area contributed by atoms with E-state index in [-0.39, 0.29) is 18.4 Å². The van der Waals surface area contributed by atoms with Gasteiger partial charge < -0.3 is 5.32 Å². The number of nitrogens with one attached hydrogen (secondary N) is 1. The van der Waals surface area contributed by atoms with E-state index in [0.29, 0.717) is 23.5 Å². The van der Waals surface area contributed by atoms with Crippen LogP contribution >= 0.6 is 0 Å². The number of amides is 2. The molecule has 2 aromatic carbocycles. The van der Waals surface area contributed by atoms with E-state index in [4.69, 9.17) is 0 Å². The van der Waals surface area contributed by atoms with Crippen LogP contribution in [0.3, 0.4) is 0 Å². The summed E-state index contributed by atoms with van der Waals surface area (Å²) in [6.07, 6.45) is 1.00. The smallest absolute Gasteiger partial charge is 0.268 e. The summed E-state index contributed by atoms with van der Waals surface area (Å²) >= 11 is 0. The summed E-state index contributed by atoms with van der Waals surface area (Å²) in [6.45, 7) is 4.12. The lowest BCUT2D eigenvalue weighted by atomic mass is 10.0. The average molecular weight is 354 g/mol. The number of hydroxylamine groups is 2.